The molecule has 26 heavy (non-hydrogen) atoms. The van der Waals surface area contributed by atoms with E-state index in [9.17, 15) is 4.39 Å². The van der Waals surface area contributed by atoms with Crippen molar-refractivity contribution in [3.63, 3.8) is 0 Å². The zero-order valence-corrected chi connectivity index (χ0v) is 15.5. The van der Waals surface area contributed by atoms with Gasteiger partial charge in [0.2, 0.25) is 0 Å². The van der Waals surface area contributed by atoms with Gasteiger partial charge < -0.3 is 25.0 Å². The lowest BCUT2D eigenvalue weighted by Gasteiger charge is -2.36. The normalized spacial score (nSPS) is 23.1. The van der Waals surface area contributed by atoms with Gasteiger partial charge in [0.1, 0.15) is 0 Å². The van der Waals surface area contributed by atoms with Crippen LogP contribution in [-0.4, -0.2) is 69.6 Å². The molecule has 7 nitrogen and oxygen atoms in total. The second kappa shape index (κ2) is 8.64. The van der Waals surface area contributed by atoms with Crippen molar-refractivity contribution in [1.29, 1.82) is 0 Å². The van der Waals surface area contributed by atoms with E-state index < -0.39 is 0 Å². The van der Waals surface area contributed by atoms with Crippen LogP contribution in [0.4, 0.5) is 10.2 Å². The number of hydrogen-bond acceptors (Lipinski definition) is 5. The predicted octanol–water partition coefficient (Wildman–Crippen LogP) is 1.16. The van der Waals surface area contributed by atoms with Crippen molar-refractivity contribution in [2.75, 3.05) is 51.9 Å². The first-order valence-electron chi connectivity index (χ1n) is 9.11. The zero-order valence-electron chi connectivity index (χ0n) is 15.5. The fraction of sp³-hybridized carbons (Fsp3) is 0.667. The van der Waals surface area contributed by atoms with Crippen LogP contribution in [0.1, 0.15) is 19.3 Å². The van der Waals surface area contributed by atoms with E-state index in [4.69, 9.17) is 9.47 Å². The van der Waals surface area contributed by atoms with Crippen molar-refractivity contribution in [2.24, 2.45) is 4.99 Å². The lowest BCUT2D eigenvalue weighted by atomic mass is 9.94. The number of anilines is 1. The minimum Gasteiger partial charge on any atom is -0.381 e. The van der Waals surface area contributed by atoms with Gasteiger partial charge in [0, 0.05) is 72.1 Å². The van der Waals surface area contributed by atoms with Gasteiger partial charge in [0.15, 0.2) is 17.6 Å². The van der Waals surface area contributed by atoms with Crippen molar-refractivity contribution in [1.82, 2.24) is 15.6 Å². The molecule has 0 aliphatic carbocycles. The number of hydrogen-bond donors (Lipinski definition) is 2. The van der Waals surface area contributed by atoms with Crippen molar-refractivity contribution in [3.05, 3.63) is 24.1 Å². The fourth-order valence-electron chi connectivity index (χ4n) is 3.51. The molecule has 1 aromatic heterocycles. The molecule has 0 bridgehead atoms. The molecule has 1 atom stereocenters. The molecule has 2 fully saturated rings. The van der Waals surface area contributed by atoms with Crippen molar-refractivity contribution in [3.8, 4) is 0 Å². The molecule has 2 saturated heterocycles. The van der Waals surface area contributed by atoms with Gasteiger partial charge in [-0.15, -0.1) is 0 Å². The van der Waals surface area contributed by atoms with E-state index in [-0.39, 0.29) is 17.5 Å². The third-order valence-corrected chi connectivity index (χ3v) is 5.21. The molecule has 0 amide bonds. The van der Waals surface area contributed by atoms with E-state index >= 15 is 0 Å². The topological polar surface area (TPSA) is 71.0 Å². The van der Waals surface area contributed by atoms with Gasteiger partial charge in [-0.1, -0.05) is 0 Å². The van der Waals surface area contributed by atoms with Crippen LogP contribution < -0.4 is 15.5 Å². The number of rotatable bonds is 5. The van der Waals surface area contributed by atoms with Crippen LogP contribution in [0.2, 0.25) is 0 Å². The Hall–Kier alpha value is -1.93. The molecule has 3 heterocycles. The molecule has 144 valence electrons. The summed E-state index contributed by atoms with van der Waals surface area (Å²) < 4.78 is 25.1. The summed E-state index contributed by atoms with van der Waals surface area (Å²) in [5.41, 5.74) is -0.214. The summed E-state index contributed by atoms with van der Waals surface area (Å²) >= 11 is 0. The number of nitrogens with zero attached hydrogens (tertiary/aromatic N) is 3. The van der Waals surface area contributed by atoms with Crippen LogP contribution in [0.25, 0.3) is 0 Å². The molecule has 1 aromatic rings. The third kappa shape index (κ3) is 4.42. The van der Waals surface area contributed by atoms with E-state index in [1.54, 1.807) is 26.4 Å². The van der Waals surface area contributed by atoms with Crippen LogP contribution in [-0.2, 0) is 9.47 Å². The number of nitrogens with one attached hydrogen (secondary N) is 2. The number of halogens is 1. The summed E-state index contributed by atoms with van der Waals surface area (Å²) in [4.78, 5) is 10.4. The minimum absolute atomic E-state index is 0.191. The van der Waals surface area contributed by atoms with Crippen molar-refractivity contribution >= 4 is 11.8 Å². The Bertz CT molecular complexity index is 621. The van der Waals surface area contributed by atoms with E-state index in [1.807, 2.05) is 4.90 Å². The van der Waals surface area contributed by atoms with Crippen LogP contribution in [0.15, 0.2) is 23.3 Å². The summed E-state index contributed by atoms with van der Waals surface area (Å²) in [6, 6.07) is 3.25. The maximum atomic E-state index is 13.9. The first kappa shape index (κ1) is 18.8. The summed E-state index contributed by atoms with van der Waals surface area (Å²) in [7, 11) is 3.50. The number of pyridine rings is 1. The monoisotopic (exact) mass is 365 g/mol. The number of methoxy groups -OCH3 is 1. The zero-order chi connectivity index (χ0) is 18.4. The molecule has 1 unspecified atom stereocenters. The van der Waals surface area contributed by atoms with Gasteiger partial charge in [-0.3, -0.25) is 4.99 Å². The Labute approximate surface area is 154 Å². The number of aromatic nitrogens is 1. The Morgan fingerprint density at radius 3 is 3.00 bits per heavy atom. The largest absolute Gasteiger partial charge is 0.381 e. The Morgan fingerprint density at radius 2 is 2.31 bits per heavy atom. The molecule has 0 saturated carbocycles. The highest BCUT2D eigenvalue weighted by Crippen LogP contribution is 2.24. The first-order valence-corrected chi connectivity index (χ1v) is 9.11. The van der Waals surface area contributed by atoms with E-state index in [2.05, 4.69) is 20.6 Å². The first-order chi connectivity index (χ1) is 12.7. The molecule has 3 rings (SSSR count). The highest BCUT2D eigenvalue weighted by molar-refractivity contribution is 5.80. The Morgan fingerprint density at radius 1 is 1.50 bits per heavy atom. The maximum absolute atomic E-state index is 13.9. The molecule has 2 aliphatic heterocycles. The molecule has 0 spiro atoms. The lowest BCUT2D eigenvalue weighted by Crippen LogP contribution is -2.52. The summed E-state index contributed by atoms with van der Waals surface area (Å²) in [5.74, 6) is 0.874. The van der Waals surface area contributed by atoms with Gasteiger partial charge in [0.05, 0.1) is 5.60 Å². The molecular weight excluding hydrogens is 337 g/mol. The van der Waals surface area contributed by atoms with Gasteiger partial charge in [0.25, 0.3) is 0 Å². The summed E-state index contributed by atoms with van der Waals surface area (Å²) in [6.45, 7) is 3.57. The second-order valence-corrected chi connectivity index (χ2v) is 6.81. The van der Waals surface area contributed by atoms with Gasteiger partial charge in [-0.25, -0.2) is 9.37 Å². The van der Waals surface area contributed by atoms with E-state index in [1.165, 1.54) is 6.07 Å². The van der Waals surface area contributed by atoms with Crippen molar-refractivity contribution < 1.29 is 13.9 Å². The molecule has 0 radical (unpaired) electrons. The second-order valence-electron chi connectivity index (χ2n) is 6.81. The van der Waals surface area contributed by atoms with E-state index in [0.717, 1.165) is 45.0 Å². The van der Waals surface area contributed by atoms with Crippen LogP contribution in [0.5, 0.6) is 0 Å². The average molecular weight is 365 g/mol. The minimum atomic E-state index is -0.280. The summed E-state index contributed by atoms with van der Waals surface area (Å²) in [5, 5.41) is 6.80. The number of ether oxygens (including phenoxy) is 2. The quantitative estimate of drug-likeness (QED) is 0.603. The molecular formula is C18H28FN5O2. The lowest BCUT2D eigenvalue weighted by molar-refractivity contribution is -0.0855. The van der Waals surface area contributed by atoms with Crippen LogP contribution in [0, 0.1) is 5.82 Å². The molecule has 2 aliphatic rings. The van der Waals surface area contributed by atoms with Gasteiger partial charge in [-0.2, -0.15) is 0 Å². The number of guanidine groups is 1. The standard InChI is InChI=1S/C18H28FN5O2/c1-20-17(22-13-18(25-2)6-10-26-11-7-18)23-14-5-9-24(12-14)16-15(19)4-3-8-21-16/h3-4,8,14H,5-7,9-13H2,1-2H3,(H2,20,22,23). The highest BCUT2D eigenvalue weighted by Gasteiger charge is 2.33. The maximum Gasteiger partial charge on any atom is 0.191 e. The SMILES string of the molecule is CN=C(NCC1(OC)CCOCC1)NC1CCN(c2ncccc2F)C1. The van der Waals surface area contributed by atoms with Crippen LogP contribution >= 0.6 is 0 Å². The number of aliphatic imine (C=N–C) groups is 1. The van der Waals surface area contributed by atoms with Gasteiger partial charge in [-0.05, 0) is 18.6 Å². The summed E-state index contributed by atoms with van der Waals surface area (Å²) in [6.07, 6.45) is 4.25. The van der Waals surface area contributed by atoms with Crippen LogP contribution in [0.3, 0.4) is 0 Å². The Balaban J connectivity index is 1.52. The predicted molar refractivity (Wildman–Crippen MR) is 99.1 cm³/mol. The smallest absolute Gasteiger partial charge is 0.191 e. The fourth-order valence-corrected chi connectivity index (χ4v) is 3.51. The van der Waals surface area contributed by atoms with Gasteiger partial charge >= 0.3 is 0 Å². The average Bonchev–Trinajstić information content (AvgIpc) is 3.14. The third-order valence-electron chi connectivity index (χ3n) is 5.21. The molecule has 0 aromatic carbocycles. The highest BCUT2D eigenvalue weighted by atomic mass is 19.1. The molecule has 2 N–H and O–H groups in total. The van der Waals surface area contributed by atoms with Crippen molar-refractivity contribution in [2.45, 2.75) is 30.9 Å². The Kier molecular flexibility index (Phi) is 6.26. The van der Waals surface area contributed by atoms with E-state index in [0.29, 0.717) is 18.9 Å². The molecule has 8 heteroatoms.